The van der Waals surface area contributed by atoms with Crippen LogP contribution < -0.4 is 5.32 Å². The average Bonchev–Trinajstić information content (AvgIpc) is 2.15. The van der Waals surface area contributed by atoms with Gasteiger partial charge >= 0.3 is 6.18 Å². The first-order chi connectivity index (χ1) is 7.30. The quantitative estimate of drug-likeness (QED) is 0.823. The Balaban J connectivity index is 2.83. The lowest BCUT2D eigenvalue weighted by Gasteiger charge is -2.15. The van der Waals surface area contributed by atoms with Crippen molar-refractivity contribution in [2.45, 2.75) is 19.2 Å². The van der Waals surface area contributed by atoms with E-state index >= 15 is 0 Å². The minimum Gasteiger partial charge on any atom is -0.379 e. The third-order valence-corrected chi connectivity index (χ3v) is 1.86. The number of carbonyl (C=O) groups is 1. The Kier molecular flexibility index (Phi) is 3.54. The van der Waals surface area contributed by atoms with E-state index in [2.05, 4.69) is 5.32 Å². The highest BCUT2D eigenvalue weighted by Crippen LogP contribution is 2.32. The highest BCUT2D eigenvalue weighted by Gasteiger charge is 2.39. The van der Waals surface area contributed by atoms with Crippen molar-refractivity contribution < 1.29 is 23.1 Å². The Labute approximate surface area is 89.9 Å². The molecule has 1 aromatic carbocycles. The van der Waals surface area contributed by atoms with Gasteiger partial charge in [0.1, 0.15) is 0 Å². The molecule has 0 heterocycles. The molecule has 0 aliphatic carbocycles. The van der Waals surface area contributed by atoms with Crippen LogP contribution in [0.15, 0.2) is 24.3 Å². The Morgan fingerprint density at radius 2 is 1.81 bits per heavy atom. The van der Waals surface area contributed by atoms with E-state index in [9.17, 15) is 18.0 Å². The number of halogens is 3. The van der Waals surface area contributed by atoms with E-state index in [0.29, 0.717) is 5.69 Å². The fourth-order valence-corrected chi connectivity index (χ4v) is 1.14. The van der Waals surface area contributed by atoms with Crippen LogP contribution in [-0.2, 0) is 4.79 Å². The second kappa shape index (κ2) is 4.52. The minimum atomic E-state index is -4.68. The summed E-state index contributed by atoms with van der Waals surface area (Å²) in [5.41, 5.74) is 0.118. The van der Waals surface area contributed by atoms with Crippen LogP contribution >= 0.6 is 0 Å². The molecule has 1 amide bonds. The minimum absolute atomic E-state index is 0.262. The van der Waals surface area contributed by atoms with E-state index in [1.807, 2.05) is 0 Å². The van der Waals surface area contributed by atoms with Gasteiger partial charge < -0.3 is 10.4 Å². The number of benzene rings is 1. The molecule has 0 aliphatic heterocycles. The van der Waals surface area contributed by atoms with Gasteiger partial charge in [-0.05, 0) is 17.7 Å². The number of carbonyl (C=O) groups excluding carboxylic acids is 1. The van der Waals surface area contributed by atoms with E-state index in [0.717, 1.165) is 12.1 Å². The molecule has 3 nitrogen and oxygen atoms in total. The summed E-state index contributed by atoms with van der Waals surface area (Å²) in [5, 5.41) is 11.3. The second-order valence-electron chi connectivity index (χ2n) is 3.25. The molecule has 2 N–H and O–H groups in total. The Morgan fingerprint density at radius 3 is 2.19 bits per heavy atom. The average molecular weight is 233 g/mol. The first-order valence-corrected chi connectivity index (χ1v) is 4.43. The Hall–Kier alpha value is -1.56. The third kappa shape index (κ3) is 3.23. The molecule has 0 radical (unpaired) electrons. The van der Waals surface area contributed by atoms with Gasteiger partial charge in [-0.15, -0.1) is 0 Å². The Bertz CT molecular complexity index is 373. The summed E-state index contributed by atoms with van der Waals surface area (Å²) in [5.74, 6) is -0.316. The Morgan fingerprint density at radius 1 is 1.31 bits per heavy atom. The predicted octanol–water partition coefficient (Wildman–Crippen LogP) is 2.24. The summed E-state index contributed by atoms with van der Waals surface area (Å²) in [6.07, 6.45) is -7.19. The lowest BCUT2D eigenvalue weighted by molar-refractivity contribution is -0.206. The maximum Gasteiger partial charge on any atom is 0.418 e. The zero-order chi connectivity index (χ0) is 12.3. The van der Waals surface area contributed by atoms with Gasteiger partial charge in [0, 0.05) is 12.6 Å². The van der Waals surface area contributed by atoms with Crippen molar-refractivity contribution in [2.75, 3.05) is 5.32 Å². The number of hydrogen-bond acceptors (Lipinski definition) is 2. The third-order valence-electron chi connectivity index (χ3n) is 1.86. The molecule has 0 unspecified atom stereocenters. The molecule has 0 spiro atoms. The second-order valence-corrected chi connectivity index (χ2v) is 3.25. The lowest BCUT2D eigenvalue weighted by Crippen LogP contribution is -2.20. The van der Waals surface area contributed by atoms with Gasteiger partial charge in [-0.1, -0.05) is 12.1 Å². The number of amides is 1. The summed E-state index contributed by atoms with van der Waals surface area (Å²) in [6, 6.07) is 4.82. The molecule has 16 heavy (non-hydrogen) atoms. The van der Waals surface area contributed by atoms with Gasteiger partial charge in [-0.2, -0.15) is 13.2 Å². The van der Waals surface area contributed by atoms with E-state index in [1.165, 1.54) is 19.1 Å². The first kappa shape index (κ1) is 12.5. The standard InChI is InChI=1S/C10H10F3NO2/c1-6(15)14-8-4-2-7(3-5-8)9(16)10(11,12)13/h2-5,9,16H,1H3,(H,14,15)/t9-/m0/s1. The van der Waals surface area contributed by atoms with Crippen LogP contribution in [0, 0.1) is 0 Å². The number of anilines is 1. The zero-order valence-corrected chi connectivity index (χ0v) is 8.38. The van der Waals surface area contributed by atoms with Crippen molar-refractivity contribution in [3.05, 3.63) is 29.8 Å². The summed E-state index contributed by atoms with van der Waals surface area (Å²) < 4.78 is 36.4. The van der Waals surface area contributed by atoms with Crippen LogP contribution in [0.3, 0.4) is 0 Å². The molecule has 1 atom stereocenters. The van der Waals surface area contributed by atoms with E-state index in [-0.39, 0.29) is 11.5 Å². The molecular weight excluding hydrogens is 223 g/mol. The van der Waals surface area contributed by atoms with Crippen molar-refractivity contribution in [1.29, 1.82) is 0 Å². The number of hydrogen-bond donors (Lipinski definition) is 2. The summed E-state index contributed by atoms with van der Waals surface area (Å²) in [4.78, 5) is 10.7. The van der Waals surface area contributed by atoms with Crippen molar-refractivity contribution in [2.24, 2.45) is 0 Å². The maximum atomic E-state index is 12.1. The highest BCUT2D eigenvalue weighted by molar-refractivity contribution is 5.88. The number of rotatable bonds is 2. The molecule has 1 aromatic rings. The molecular formula is C10H10F3NO2. The SMILES string of the molecule is CC(=O)Nc1ccc([C@H](O)C(F)(F)F)cc1. The molecule has 0 saturated heterocycles. The normalized spacial score (nSPS) is 13.3. The fourth-order valence-electron chi connectivity index (χ4n) is 1.14. The molecule has 0 saturated carbocycles. The van der Waals surface area contributed by atoms with Crippen LogP contribution in [0.5, 0.6) is 0 Å². The molecule has 88 valence electrons. The van der Waals surface area contributed by atoms with Gasteiger partial charge in [0.15, 0.2) is 6.10 Å². The summed E-state index contributed by atoms with van der Waals surface area (Å²) >= 11 is 0. The van der Waals surface area contributed by atoms with Crippen molar-refractivity contribution in [3.8, 4) is 0 Å². The van der Waals surface area contributed by atoms with Crippen molar-refractivity contribution in [3.63, 3.8) is 0 Å². The van der Waals surface area contributed by atoms with Crippen LogP contribution in [0.2, 0.25) is 0 Å². The van der Waals surface area contributed by atoms with Gasteiger partial charge in [0.05, 0.1) is 0 Å². The van der Waals surface area contributed by atoms with E-state index in [1.54, 1.807) is 0 Å². The number of alkyl halides is 3. The maximum absolute atomic E-state index is 12.1. The zero-order valence-electron chi connectivity index (χ0n) is 8.38. The first-order valence-electron chi connectivity index (χ1n) is 4.43. The van der Waals surface area contributed by atoms with Crippen molar-refractivity contribution >= 4 is 11.6 Å². The lowest BCUT2D eigenvalue weighted by atomic mass is 10.1. The topological polar surface area (TPSA) is 49.3 Å². The molecule has 0 aliphatic rings. The van der Waals surface area contributed by atoms with E-state index < -0.39 is 12.3 Å². The molecule has 6 heteroatoms. The van der Waals surface area contributed by atoms with E-state index in [4.69, 9.17) is 5.11 Å². The fraction of sp³-hybridized carbons (Fsp3) is 0.300. The number of aliphatic hydroxyl groups excluding tert-OH is 1. The van der Waals surface area contributed by atoms with Gasteiger partial charge in [-0.3, -0.25) is 4.79 Å². The summed E-state index contributed by atoms with van der Waals surface area (Å²) in [6.45, 7) is 1.29. The molecule has 0 aromatic heterocycles. The highest BCUT2D eigenvalue weighted by atomic mass is 19.4. The van der Waals surface area contributed by atoms with Crippen LogP contribution in [0.1, 0.15) is 18.6 Å². The monoisotopic (exact) mass is 233 g/mol. The van der Waals surface area contributed by atoms with Gasteiger partial charge in [0.25, 0.3) is 0 Å². The molecule has 0 fully saturated rings. The van der Waals surface area contributed by atoms with Crippen LogP contribution in [0.25, 0.3) is 0 Å². The smallest absolute Gasteiger partial charge is 0.379 e. The van der Waals surface area contributed by atoms with Gasteiger partial charge in [-0.25, -0.2) is 0 Å². The largest absolute Gasteiger partial charge is 0.418 e. The van der Waals surface area contributed by atoms with Crippen LogP contribution in [-0.4, -0.2) is 17.2 Å². The van der Waals surface area contributed by atoms with Crippen molar-refractivity contribution in [1.82, 2.24) is 0 Å². The molecule has 0 bridgehead atoms. The van der Waals surface area contributed by atoms with Crippen LogP contribution in [0.4, 0.5) is 18.9 Å². The molecule has 1 rings (SSSR count). The number of aliphatic hydroxyl groups is 1. The van der Waals surface area contributed by atoms with Gasteiger partial charge in [0.2, 0.25) is 5.91 Å². The predicted molar refractivity (Wildman–Crippen MR) is 51.8 cm³/mol. The number of nitrogens with one attached hydrogen (secondary N) is 1. The summed E-state index contributed by atoms with van der Waals surface area (Å²) in [7, 11) is 0.